The molecule has 0 radical (unpaired) electrons. The molecular formula is C24H26Cl2N4O2. The topological polar surface area (TPSA) is 57.7 Å². The van der Waals surface area contributed by atoms with Crippen LogP contribution in [0.4, 0.5) is 11.5 Å². The number of aromatic nitrogens is 1. The first-order valence-corrected chi connectivity index (χ1v) is 11.3. The molecule has 6 nitrogen and oxygen atoms in total. The van der Waals surface area contributed by atoms with Crippen molar-refractivity contribution in [2.75, 3.05) is 43.4 Å². The first-order chi connectivity index (χ1) is 15.3. The molecule has 3 aromatic rings. The zero-order valence-electron chi connectivity index (χ0n) is 18.4. The number of halogens is 2. The van der Waals surface area contributed by atoms with Crippen LogP contribution in [0.15, 0.2) is 42.5 Å². The van der Waals surface area contributed by atoms with Crippen LogP contribution >= 0.6 is 23.2 Å². The van der Waals surface area contributed by atoms with Gasteiger partial charge in [0, 0.05) is 42.3 Å². The second kappa shape index (κ2) is 9.53. The Morgan fingerprint density at radius 1 is 1.09 bits per heavy atom. The number of carbonyl (C=O) groups is 1. The van der Waals surface area contributed by atoms with Gasteiger partial charge >= 0.3 is 0 Å². The van der Waals surface area contributed by atoms with E-state index in [1.165, 1.54) is 0 Å². The summed E-state index contributed by atoms with van der Waals surface area (Å²) in [5, 5.41) is 4.80. The van der Waals surface area contributed by atoms with E-state index in [4.69, 9.17) is 32.9 Å². The highest BCUT2D eigenvalue weighted by atomic mass is 35.5. The maximum Gasteiger partial charge on any atom is 0.265 e. The largest absolute Gasteiger partial charge is 0.479 e. The van der Waals surface area contributed by atoms with E-state index < -0.39 is 6.10 Å². The Kier molecular flexibility index (Phi) is 6.74. The zero-order valence-corrected chi connectivity index (χ0v) is 19.9. The molecule has 1 N–H and O–H groups in total. The molecule has 1 saturated heterocycles. The number of carbonyl (C=O) groups excluding carboxylic acids is 1. The van der Waals surface area contributed by atoms with E-state index in [-0.39, 0.29) is 5.91 Å². The molecule has 0 saturated carbocycles. The van der Waals surface area contributed by atoms with Gasteiger partial charge in [-0.15, -0.1) is 0 Å². The van der Waals surface area contributed by atoms with Gasteiger partial charge in [0.05, 0.1) is 10.5 Å². The molecule has 0 aliphatic carbocycles. The van der Waals surface area contributed by atoms with E-state index >= 15 is 0 Å². The van der Waals surface area contributed by atoms with Crippen LogP contribution in [-0.2, 0) is 4.79 Å². The summed E-state index contributed by atoms with van der Waals surface area (Å²) in [4.78, 5) is 22.2. The fraction of sp³-hybridized carbons (Fsp3) is 0.333. The number of aryl methyl sites for hydroxylation is 1. The van der Waals surface area contributed by atoms with Gasteiger partial charge in [-0.25, -0.2) is 4.98 Å². The zero-order chi connectivity index (χ0) is 22.8. The predicted molar refractivity (Wildman–Crippen MR) is 131 cm³/mol. The van der Waals surface area contributed by atoms with Gasteiger partial charge in [-0.05, 0) is 68.9 Å². The summed E-state index contributed by atoms with van der Waals surface area (Å²) >= 11 is 12.1. The third kappa shape index (κ3) is 5.09. The molecule has 1 amide bonds. The minimum Gasteiger partial charge on any atom is -0.479 e. The number of rotatable bonds is 5. The van der Waals surface area contributed by atoms with E-state index in [0.29, 0.717) is 21.5 Å². The highest BCUT2D eigenvalue weighted by molar-refractivity contribution is 6.35. The lowest BCUT2D eigenvalue weighted by molar-refractivity contribution is -0.122. The van der Waals surface area contributed by atoms with Crippen LogP contribution in [0.5, 0.6) is 5.75 Å². The van der Waals surface area contributed by atoms with Crippen LogP contribution in [0.2, 0.25) is 10.0 Å². The Labute approximate surface area is 198 Å². The number of amides is 1. The van der Waals surface area contributed by atoms with Crippen molar-refractivity contribution in [3.05, 3.63) is 58.1 Å². The number of likely N-dealkylation sites (N-methyl/N-ethyl adjacent to an activating group) is 1. The lowest BCUT2D eigenvalue weighted by Crippen LogP contribution is -2.44. The lowest BCUT2D eigenvalue weighted by atomic mass is 10.1. The third-order valence-electron chi connectivity index (χ3n) is 5.66. The Morgan fingerprint density at radius 2 is 1.84 bits per heavy atom. The Bertz CT molecular complexity index is 1150. The fourth-order valence-electron chi connectivity index (χ4n) is 3.71. The maximum atomic E-state index is 12.7. The molecular weight excluding hydrogens is 447 g/mol. The van der Waals surface area contributed by atoms with Gasteiger partial charge in [0.2, 0.25) is 0 Å². The van der Waals surface area contributed by atoms with Gasteiger partial charge in [0.1, 0.15) is 11.6 Å². The highest BCUT2D eigenvalue weighted by Crippen LogP contribution is 2.29. The summed E-state index contributed by atoms with van der Waals surface area (Å²) in [5.41, 5.74) is 2.73. The molecule has 0 unspecified atom stereocenters. The average molecular weight is 473 g/mol. The van der Waals surface area contributed by atoms with Crippen LogP contribution in [0.25, 0.3) is 10.9 Å². The first-order valence-electron chi connectivity index (χ1n) is 10.6. The molecule has 2 aromatic carbocycles. The van der Waals surface area contributed by atoms with E-state index in [1.807, 2.05) is 18.2 Å². The number of anilines is 2. The molecule has 1 atom stereocenters. The summed E-state index contributed by atoms with van der Waals surface area (Å²) in [6, 6.07) is 12.8. The fourth-order valence-corrected chi connectivity index (χ4v) is 4.16. The smallest absolute Gasteiger partial charge is 0.265 e. The number of benzene rings is 2. The van der Waals surface area contributed by atoms with Gasteiger partial charge in [-0.2, -0.15) is 0 Å². The van der Waals surface area contributed by atoms with Crippen molar-refractivity contribution in [2.45, 2.75) is 20.0 Å². The van der Waals surface area contributed by atoms with Gasteiger partial charge < -0.3 is 19.9 Å². The molecule has 2 heterocycles. The van der Waals surface area contributed by atoms with Gasteiger partial charge in [0.25, 0.3) is 5.91 Å². The van der Waals surface area contributed by atoms with Crippen molar-refractivity contribution in [3.8, 4) is 5.75 Å². The number of ether oxygens (including phenoxy) is 1. The van der Waals surface area contributed by atoms with Crippen molar-refractivity contribution in [1.82, 2.24) is 9.88 Å². The molecule has 1 aromatic heterocycles. The summed E-state index contributed by atoms with van der Waals surface area (Å²) in [7, 11) is 2.14. The Balaban J connectivity index is 1.47. The molecule has 0 bridgehead atoms. The Hall–Kier alpha value is -2.54. The predicted octanol–water partition coefficient (Wildman–Crippen LogP) is 5.01. The van der Waals surface area contributed by atoms with Crippen LogP contribution in [0.3, 0.4) is 0 Å². The van der Waals surface area contributed by atoms with E-state index in [9.17, 15) is 4.79 Å². The monoisotopic (exact) mass is 472 g/mol. The molecule has 1 aliphatic rings. The van der Waals surface area contributed by atoms with E-state index in [0.717, 1.165) is 48.5 Å². The average Bonchev–Trinajstić information content (AvgIpc) is 2.76. The number of piperazine rings is 1. The van der Waals surface area contributed by atoms with Crippen LogP contribution in [0, 0.1) is 6.92 Å². The quantitative estimate of drug-likeness (QED) is 0.565. The number of pyridine rings is 1. The second-order valence-corrected chi connectivity index (χ2v) is 8.99. The third-order valence-corrected chi connectivity index (χ3v) is 6.19. The Morgan fingerprint density at radius 3 is 2.56 bits per heavy atom. The minimum atomic E-state index is -0.733. The molecule has 1 aliphatic heterocycles. The van der Waals surface area contributed by atoms with Gasteiger partial charge in [-0.3, -0.25) is 4.79 Å². The molecule has 0 spiro atoms. The lowest BCUT2D eigenvalue weighted by Gasteiger charge is -2.33. The van der Waals surface area contributed by atoms with Crippen molar-refractivity contribution < 1.29 is 9.53 Å². The normalized spacial score (nSPS) is 15.6. The molecule has 32 heavy (non-hydrogen) atoms. The standard InChI is InChI=1S/C24H26Cl2N4O2/c1-15-12-23(30-10-8-29(3)9-11-30)28-21-6-5-18(14-19(15)21)27-24(31)16(2)32-22-7-4-17(25)13-20(22)26/h4-7,12-14,16H,8-11H2,1-3H3,(H,27,31)/t16-/m1/s1. The maximum absolute atomic E-state index is 12.7. The van der Waals surface area contributed by atoms with Crippen LogP contribution in [0.1, 0.15) is 12.5 Å². The van der Waals surface area contributed by atoms with Crippen LogP contribution < -0.4 is 15.0 Å². The minimum absolute atomic E-state index is 0.268. The first kappa shape index (κ1) is 22.6. The summed E-state index contributed by atoms with van der Waals surface area (Å²) in [6.07, 6.45) is -0.733. The summed E-state index contributed by atoms with van der Waals surface area (Å²) < 4.78 is 5.71. The summed E-state index contributed by atoms with van der Waals surface area (Å²) in [6.45, 7) is 7.76. The van der Waals surface area contributed by atoms with Crippen molar-refractivity contribution in [2.24, 2.45) is 0 Å². The van der Waals surface area contributed by atoms with E-state index in [1.54, 1.807) is 25.1 Å². The highest BCUT2D eigenvalue weighted by Gasteiger charge is 2.19. The van der Waals surface area contributed by atoms with Crippen molar-refractivity contribution in [3.63, 3.8) is 0 Å². The summed E-state index contributed by atoms with van der Waals surface area (Å²) in [5.74, 6) is 1.14. The number of fused-ring (bicyclic) bond motifs is 1. The van der Waals surface area contributed by atoms with Gasteiger partial charge in [-0.1, -0.05) is 23.2 Å². The van der Waals surface area contributed by atoms with Gasteiger partial charge in [0.15, 0.2) is 6.10 Å². The number of hydrogen-bond donors (Lipinski definition) is 1. The number of nitrogens with one attached hydrogen (secondary N) is 1. The molecule has 168 valence electrons. The number of nitrogens with zero attached hydrogens (tertiary/aromatic N) is 3. The number of hydrogen-bond acceptors (Lipinski definition) is 5. The van der Waals surface area contributed by atoms with Crippen molar-refractivity contribution >= 4 is 51.5 Å². The SMILES string of the molecule is Cc1cc(N2CCN(C)CC2)nc2ccc(NC(=O)[C@@H](C)Oc3ccc(Cl)cc3Cl)cc12. The van der Waals surface area contributed by atoms with Crippen molar-refractivity contribution in [1.29, 1.82) is 0 Å². The van der Waals surface area contributed by atoms with Crippen LogP contribution in [-0.4, -0.2) is 55.1 Å². The molecule has 4 rings (SSSR count). The molecule has 1 fully saturated rings. The van der Waals surface area contributed by atoms with E-state index in [2.05, 4.69) is 35.2 Å². The second-order valence-electron chi connectivity index (χ2n) is 8.14. The molecule has 8 heteroatoms.